The smallest absolute Gasteiger partial charge is 0.0832 e. The number of likely N-dealkylation sites (N-methyl/N-ethyl adjacent to an activating group) is 2. The average Bonchev–Trinajstić information content (AvgIpc) is 3.14. The first-order chi connectivity index (χ1) is 19.2. The van der Waals surface area contributed by atoms with Crippen molar-refractivity contribution in [3.05, 3.63) is 17.0 Å². The van der Waals surface area contributed by atoms with E-state index in [1.807, 2.05) is 0 Å². The maximum Gasteiger partial charge on any atom is 0.0832 e. The fourth-order valence-corrected chi connectivity index (χ4v) is 8.35. The van der Waals surface area contributed by atoms with Gasteiger partial charge in [-0.05, 0) is 70.8 Å². The first-order valence-electron chi connectivity index (χ1n) is 16.6. The number of aromatic nitrogens is 1. The third kappa shape index (κ3) is 5.84. The molecule has 6 rings (SSSR count). The Hall–Kier alpha value is -1.41. The van der Waals surface area contributed by atoms with Gasteiger partial charge in [-0.15, -0.1) is 0 Å². The van der Waals surface area contributed by atoms with Crippen molar-refractivity contribution in [2.75, 3.05) is 95.4 Å². The Morgan fingerprint density at radius 3 is 2.54 bits per heavy atom. The number of nitrogens with zero attached hydrogens (tertiary/aromatic N) is 6. The molecule has 0 amide bonds. The summed E-state index contributed by atoms with van der Waals surface area (Å²) in [5.74, 6) is 0.666. The maximum absolute atomic E-state index is 5.60. The second-order valence-electron chi connectivity index (χ2n) is 13.0. The zero-order valence-corrected chi connectivity index (χ0v) is 25.3. The highest BCUT2D eigenvalue weighted by Gasteiger charge is 2.45. The highest BCUT2D eigenvalue weighted by molar-refractivity contribution is 5.82. The molecule has 5 aliphatic rings. The molecule has 1 N–H and O–H groups in total. The molecule has 3 unspecified atom stereocenters. The predicted molar refractivity (Wildman–Crippen MR) is 164 cm³/mol. The number of anilines is 2. The molecule has 1 aromatic heterocycles. The predicted octanol–water partition coefficient (Wildman–Crippen LogP) is 3.56. The van der Waals surface area contributed by atoms with E-state index in [9.17, 15) is 0 Å². The Morgan fingerprint density at radius 1 is 0.897 bits per heavy atom. The Morgan fingerprint density at radius 2 is 1.72 bits per heavy atom. The van der Waals surface area contributed by atoms with Crippen molar-refractivity contribution < 1.29 is 0 Å². The molecule has 3 atom stereocenters. The summed E-state index contributed by atoms with van der Waals surface area (Å²) in [5, 5.41) is 3.93. The summed E-state index contributed by atoms with van der Waals surface area (Å²) in [4.78, 5) is 19.0. The van der Waals surface area contributed by atoms with Gasteiger partial charge in [-0.3, -0.25) is 4.98 Å². The quantitative estimate of drug-likeness (QED) is 0.489. The van der Waals surface area contributed by atoms with Gasteiger partial charge in [0.2, 0.25) is 0 Å². The summed E-state index contributed by atoms with van der Waals surface area (Å²) in [6.45, 7) is 18.9. The summed E-state index contributed by atoms with van der Waals surface area (Å²) >= 11 is 0. The third-order valence-electron chi connectivity index (χ3n) is 10.7. The Labute approximate surface area is 238 Å². The molecule has 2 fully saturated rings. The maximum atomic E-state index is 5.60. The summed E-state index contributed by atoms with van der Waals surface area (Å²) in [6.07, 6.45) is 11.6. The van der Waals surface area contributed by atoms with E-state index in [0.29, 0.717) is 18.0 Å². The first-order valence-corrected chi connectivity index (χ1v) is 16.6. The van der Waals surface area contributed by atoms with Gasteiger partial charge in [-0.25, -0.2) is 0 Å². The van der Waals surface area contributed by atoms with E-state index in [4.69, 9.17) is 4.98 Å². The van der Waals surface area contributed by atoms with Crippen LogP contribution in [0.4, 0.5) is 11.4 Å². The van der Waals surface area contributed by atoms with Crippen LogP contribution in [0.15, 0.2) is 0 Å². The molecule has 0 radical (unpaired) electrons. The van der Waals surface area contributed by atoms with E-state index >= 15 is 0 Å². The number of pyridine rings is 1. The van der Waals surface area contributed by atoms with Crippen molar-refractivity contribution in [3.8, 4) is 0 Å². The zero-order chi connectivity index (χ0) is 26.8. The van der Waals surface area contributed by atoms with Crippen molar-refractivity contribution in [2.45, 2.75) is 89.6 Å². The van der Waals surface area contributed by atoms with E-state index in [1.54, 1.807) is 16.9 Å². The summed E-state index contributed by atoms with van der Waals surface area (Å²) in [6, 6.07) is 1.28. The molecular weight excluding hydrogens is 482 g/mol. The van der Waals surface area contributed by atoms with Crippen molar-refractivity contribution in [2.24, 2.45) is 0 Å². The average molecular weight is 538 g/mol. The standard InChI is InChI=1S/C32H55N7/c1-4-36(5-2)19-14-33-25-12-13-26-28(24-25)34-30-27-10-6-7-11-29(27)39-18-9-17-38(31(26)32(30)39)16-8-15-37-22-20-35(3)21-23-37/h25,27,29,33H,4-24H2,1-3H3. The minimum atomic E-state index is 0.571. The summed E-state index contributed by atoms with van der Waals surface area (Å²) < 4.78 is 0. The molecule has 7 nitrogen and oxygen atoms in total. The number of rotatable bonds is 10. The van der Waals surface area contributed by atoms with Crippen molar-refractivity contribution in [3.63, 3.8) is 0 Å². The lowest BCUT2D eigenvalue weighted by Crippen LogP contribution is -2.45. The molecule has 0 aromatic carbocycles. The molecule has 2 aliphatic carbocycles. The van der Waals surface area contributed by atoms with Crippen LogP contribution in [0.1, 0.15) is 81.7 Å². The largest absolute Gasteiger partial charge is 0.369 e. The fourth-order valence-electron chi connectivity index (χ4n) is 8.35. The Balaban J connectivity index is 1.23. The summed E-state index contributed by atoms with van der Waals surface area (Å²) in [5.41, 5.74) is 7.74. The minimum Gasteiger partial charge on any atom is -0.369 e. The van der Waals surface area contributed by atoms with Crippen LogP contribution in [0.25, 0.3) is 0 Å². The molecule has 0 spiro atoms. The molecule has 3 aliphatic heterocycles. The third-order valence-corrected chi connectivity index (χ3v) is 10.7. The van der Waals surface area contributed by atoms with Gasteiger partial charge >= 0.3 is 0 Å². The lowest BCUT2D eigenvalue weighted by molar-refractivity contribution is 0.153. The monoisotopic (exact) mass is 537 g/mol. The van der Waals surface area contributed by atoms with Gasteiger partial charge in [0.05, 0.1) is 17.1 Å². The fraction of sp³-hybridized carbons (Fsp3) is 0.844. The Kier molecular flexibility index (Phi) is 8.98. The lowest BCUT2D eigenvalue weighted by Gasteiger charge is -2.35. The van der Waals surface area contributed by atoms with E-state index in [1.165, 1.54) is 115 Å². The second kappa shape index (κ2) is 12.6. The minimum absolute atomic E-state index is 0.571. The van der Waals surface area contributed by atoms with Gasteiger partial charge in [0, 0.05) is 89.0 Å². The molecule has 0 bridgehead atoms. The highest BCUT2D eigenvalue weighted by atomic mass is 15.3. The number of piperazine rings is 1. The topological polar surface area (TPSA) is 41.1 Å². The van der Waals surface area contributed by atoms with Crippen LogP contribution in [-0.2, 0) is 12.8 Å². The molecule has 1 aromatic rings. The van der Waals surface area contributed by atoms with Crippen molar-refractivity contribution in [1.82, 2.24) is 25.0 Å². The van der Waals surface area contributed by atoms with Crippen molar-refractivity contribution in [1.29, 1.82) is 0 Å². The molecule has 1 saturated heterocycles. The lowest BCUT2D eigenvalue weighted by atomic mass is 9.83. The number of hydrogen-bond acceptors (Lipinski definition) is 7. The highest BCUT2D eigenvalue weighted by Crippen LogP contribution is 2.53. The second-order valence-corrected chi connectivity index (χ2v) is 13.0. The molecule has 1 saturated carbocycles. The molecular formula is C32H55N7. The van der Waals surface area contributed by atoms with Gasteiger partial charge in [0.1, 0.15) is 0 Å². The summed E-state index contributed by atoms with van der Waals surface area (Å²) in [7, 11) is 2.26. The SMILES string of the molecule is CCN(CC)CCNC1CCc2c(nc3c4c2N(CCCN2CCN(C)CC2)CCCN4C2CCCCC32)C1. The van der Waals surface area contributed by atoms with Gasteiger partial charge < -0.3 is 29.8 Å². The molecule has 7 heteroatoms. The van der Waals surface area contributed by atoms with E-state index < -0.39 is 0 Å². The van der Waals surface area contributed by atoms with Crippen LogP contribution < -0.4 is 15.1 Å². The first kappa shape index (κ1) is 27.7. The molecule has 4 heterocycles. The number of nitrogens with one attached hydrogen (secondary N) is 1. The van der Waals surface area contributed by atoms with Crippen LogP contribution >= 0.6 is 0 Å². The van der Waals surface area contributed by atoms with Crippen LogP contribution in [-0.4, -0.2) is 117 Å². The van der Waals surface area contributed by atoms with Crippen LogP contribution in [0.2, 0.25) is 0 Å². The van der Waals surface area contributed by atoms with Crippen LogP contribution in [0, 0.1) is 0 Å². The molecule has 39 heavy (non-hydrogen) atoms. The van der Waals surface area contributed by atoms with Crippen molar-refractivity contribution >= 4 is 11.4 Å². The van der Waals surface area contributed by atoms with Crippen LogP contribution in [0.3, 0.4) is 0 Å². The van der Waals surface area contributed by atoms with E-state index in [2.05, 4.69) is 50.7 Å². The Bertz CT molecular complexity index is 954. The van der Waals surface area contributed by atoms with Gasteiger partial charge in [0.15, 0.2) is 0 Å². The number of hydrogen-bond donors (Lipinski definition) is 1. The molecule has 218 valence electrons. The van der Waals surface area contributed by atoms with Crippen LogP contribution in [0.5, 0.6) is 0 Å². The van der Waals surface area contributed by atoms with Gasteiger partial charge in [0.25, 0.3) is 0 Å². The zero-order valence-electron chi connectivity index (χ0n) is 25.3. The van der Waals surface area contributed by atoms with Gasteiger partial charge in [-0.2, -0.15) is 0 Å². The van der Waals surface area contributed by atoms with E-state index in [0.717, 1.165) is 32.6 Å². The number of fused-ring (bicyclic) bond motifs is 5. The normalized spacial score (nSPS) is 27.4. The van der Waals surface area contributed by atoms with E-state index in [-0.39, 0.29) is 0 Å². The van der Waals surface area contributed by atoms with Gasteiger partial charge in [-0.1, -0.05) is 26.7 Å².